The highest BCUT2D eigenvalue weighted by Crippen LogP contribution is 2.24. The molecule has 0 atom stereocenters. The van der Waals surface area contributed by atoms with E-state index in [0.29, 0.717) is 6.04 Å². The number of fused-ring (bicyclic) bond motifs is 1. The van der Waals surface area contributed by atoms with E-state index in [9.17, 15) is 0 Å². The number of nitrogens with one attached hydrogen (secondary N) is 1. The molecular formula is C15H21N3. The highest BCUT2D eigenvalue weighted by atomic mass is 15.1. The number of benzene rings is 1. The summed E-state index contributed by atoms with van der Waals surface area (Å²) < 4.78 is 0. The van der Waals surface area contributed by atoms with E-state index in [-0.39, 0.29) is 0 Å². The highest BCUT2D eigenvalue weighted by molar-refractivity contribution is 5.84. The predicted octanol–water partition coefficient (Wildman–Crippen LogP) is 2.40. The minimum absolute atomic E-state index is 0.408. The van der Waals surface area contributed by atoms with Crippen LogP contribution in [-0.4, -0.2) is 29.0 Å². The Balaban J connectivity index is 1.84. The zero-order valence-corrected chi connectivity index (χ0v) is 10.9. The fraction of sp³-hybridized carbons (Fsp3) is 0.467. The first kappa shape index (κ1) is 11.8. The maximum atomic E-state index is 5.96. The molecule has 0 bridgehead atoms. The van der Waals surface area contributed by atoms with Crippen LogP contribution in [0.2, 0.25) is 0 Å². The zero-order valence-electron chi connectivity index (χ0n) is 10.9. The minimum Gasteiger partial charge on any atom is -0.358 e. The standard InChI is InChI=1S/C15H21N3/c1-11-14(10-18-8-6-12(16)7-9-18)13-4-2-3-5-15(13)17-11/h2-5,12,17H,6-10,16H2,1H3. The summed E-state index contributed by atoms with van der Waals surface area (Å²) in [6.45, 7) is 5.47. The monoisotopic (exact) mass is 243 g/mol. The summed E-state index contributed by atoms with van der Waals surface area (Å²) in [4.78, 5) is 5.99. The molecule has 0 spiro atoms. The number of rotatable bonds is 2. The maximum absolute atomic E-state index is 5.96. The molecule has 1 aliphatic rings. The van der Waals surface area contributed by atoms with Crippen molar-refractivity contribution in [2.24, 2.45) is 5.73 Å². The van der Waals surface area contributed by atoms with Gasteiger partial charge >= 0.3 is 0 Å². The number of para-hydroxylation sites is 1. The number of nitrogens with two attached hydrogens (primary N) is 1. The van der Waals surface area contributed by atoms with Crippen LogP contribution in [0.5, 0.6) is 0 Å². The predicted molar refractivity (Wildman–Crippen MR) is 75.5 cm³/mol. The average molecular weight is 243 g/mol. The van der Waals surface area contributed by atoms with Crippen LogP contribution in [0.3, 0.4) is 0 Å². The van der Waals surface area contributed by atoms with Gasteiger partial charge in [-0.15, -0.1) is 0 Å². The van der Waals surface area contributed by atoms with Crippen molar-refractivity contribution >= 4 is 10.9 Å². The Bertz CT molecular complexity index is 536. The highest BCUT2D eigenvalue weighted by Gasteiger charge is 2.18. The van der Waals surface area contributed by atoms with Crippen molar-refractivity contribution in [3.8, 4) is 0 Å². The molecular weight excluding hydrogens is 222 g/mol. The van der Waals surface area contributed by atoms with E-state index >= 15 is 0 Å². The number of aromatic amines is 1. The Morgan fingerprint density at radius 2 is 2.00 bits per heavy atom. The van der Waals surface area contributed by atoms with Crippen LogP contribution in [0.4, 0.5) is 0 Å². The van der Waals surface area contributed by atoms with Gasteiger partial charge in [-0.25, -0.2) is 0 Å². The molecule has 18 heavy (non-hydrogen) atoms. The van der Waals surface area contributed by atoms with E-state index in [4.69, 9.17) is 5.73 Å². The molecule has 3 N–H and O–H groups in total. The summed E-state index contributed by atoms with van der Waals surface area (Å²) >= 11 is 0. The van der Waals surface area contributed by atoms with Gasteiger partial charge in [0.1, 0.15) is 0 Å². The van der Waals surface area contributed by atoms with Gasteiger partial charge in [0.05, 0.1) is 0 Å². The molecule has 1 saturated heterocycles. The van der Waals surface area contributed by atoms with Crippen LogP contribution >= 0.6 is 0 Å². The van der Waals surface area contributed by atoms with Gasteiger partial charge in [-0.3, -0.25) is 4.90 Å². The summed E-state index contributed by atoms with van der Waals surface area (Å²) in [5.74, 6) is 0. The first-order valence-corrected chi connectivity index (χ1v) is 6.78. The second kappa shape index (κ2) is 4.75. The minimum atomic E-state index is 0.408. The first-order valence-electron chi connectivity index (χ1n) is 6.78. The Hall–Kier alpha value is -1.32. The molecule has 2 aromatic rings. The van der Waals surface area contributed by atoms with Crippen LogP contribution in [-0.2, 0) is 6.54 Å². The maximum Gasteiger partial charge on any atom is 0.0459 e. The van der Waals surface area contributed by atoms with E-state index in [0.717, 1.165) is 32.5 Å². The molecule has 1 aromatic carbocycles. The summed E-state index contributed by atoms with van der Waals surface area (Å²) in [5.41, 5.74) is 9.95. The van der Waals surface area contributed by atoms with Crippen LogP contribution in [0, 0.1) is 6.92 Å². The largest absolute Gasteiger partial charge is 0.358 e. The Morgan fingerprint density at radius 3 is 2.78 bits per heavy atom. The molecule has 3 heteroatoms. The molecule has 2 heterocycles. The molecule has 1 aromatic heterocycles. The number of hydrogen-bond acceptors (Lipinski definition) is 2. The number of piperidine rings is 1. The molecule has 3 rings (SSSR count). The lowest BCUT2D eigenvalue weighted by atomic mass is 10.0. The lowest BCUT2D eigenvalue weighted by molar-refractivity contribution is 0.206. The third kappa shape index (κ3) is 2.16. The van der Waals surface area contributed by atoms with Crippen molar-refractivity contribution in [3.63, 3.8) is 0 Å². The number of aryl methyl sites for hydroxylation is 1. The van der Waals surface area contributed by atoms with Gasteiger partial charge in [-0.2, -0.15) is 0 Å². The molecule has 96 valence electrons. The summed E-state index contributed by atoms with van der Waals surface area (Å²) in [5, 5.41) is 1.37. The van der Waals surface area contributed by atoms with E-state index < -0.39 is 0 Å². The first-order chi connectivity index (χ1) is 8.74. The average Bonchev–Trinajstić information content (AvgIpc) is 2.69. The molecule has 0 amide bonds. The number of nitrogens with zero attached hydrogens (tertiary/aromatic N) is 1. The van der Waals surface area contributed by atoms with Gasteiger partial charge in [0.25, 0.3) is 0 Å². The molecule has 3 nitrogen and oxygen atoms in total. The smallest absolute Gasteiger partial charge is 0.0459 e. The Labute approximate surface area is 108 Å². The lowest BCUT2D eigenvalue weighted by Gasteiger charge is -2.30. The van der Waals surface area contributed by atoms with Gasteiger partial charge in [-0.05, 0) is 44.5 Å². The number of likely N-dealkylation sites (tertiary alicyclic amines) is 1. The van der Waals surface area contributed by atoms with Crippen LogP contribution < -0.4 is 5.73 Å². The number of hydrogen-bond donors (Lipinski definition) is 2. The van der Waals surface area contributed by atoms with Crippen LogP contribution in [0.1, 0.15) is 24.1 Å². The second-order valence-electron chi connectivity index (χ2n) is 5.39. The van der Waals surface area contributed by atoms with Crippen LogP contribution in [0.15, 0.2) is 24.3 Å². The summed E-state index contributed by atoms with van der Waals surface area (Å²) in [6, 6.07) is 8.97. The SMILES string of the molecule is Cc1[nH]c2ccccc2c1CN1CCC(N)CC1. The van der Waals surface area contributed by atoms with E-state index in [1.54, 1.807) is 0 Å². The number of aromatic nitrogens is 1. The third-order valence-corrected chi connectivity index (χ3v) is 4.04. The van der Waals surface area contributed by atoms with Crippen molar-refractivity contribution in [1.29, 1.82) is 0 Å². The Morgan fingerprint density at radius 1 is 1.28 bits per heavy atom. The van der Waals surface area contributed by atoms with Crippen molar-refractivity contribution in [2.75, 3.05) is 13.1 Å². The molecule has 1 fully saturated rings. The quantitative estimate of drug-likeness (QED) is 0.850. The molecule has 1 aliphatic heterocycles. The van der Waals surface area contributed by atoms with Gasteiger partial charge in [0.15, 0.2) is 0 Å². The van der Waals surface area contributed by atoms with Gasteiger partial charge in [-0.1, -0.05) is 18.2 Å². The normalized spacial score (nSPS) is 18.6. The summed E-state index contributed by atoms with van der Waals surface area (Å²) in [6.07, 6.45) is 2.25. The molecule has 0 aliphatic carbocycles. The van der Waals surface area contributed by atoms with E-state index in [1.807, 2.05) is 0 Å². The molecule has 0 unspecified atom stereocenters. The second-order valence-corrected chi connectivity index (χ2v) is 5.39. The van der Waals surface area contributed by atoms with Gasteiger partial charge in [0, 0.05) is 29.2 Å². The third-order valence-electron chi connectivity index (χ3n) is 4.04. The van der Waals surface area contributed by atoms with Gasteiger partial charge < -0.3 is 10.7 Å². The van der Waals surface area contributed by atoms with Crippen molar-refractivity contribution in [3.05, 3.63) is 35.5 Å². The van der Waals surface area contributed by atoms with E-state index in [2.05, 4.69) is 41.1 Å². The molecule has 0 saturated carbocycles. The fourth-order valence-electron chi connectivity index (χ4n) is 2.87. The van der Waals surface area contributed by atoms with Crippen molar-refractivity contribution in [1.82, 2.24) is 9.88 Å². The zero-order chi connectivity index (χ0) is 12.5. The van der Waals surface area contributed by atoms with E-state index in [1.165, 1.54) is 22.2 Å². The molecule has 0 radical (unpaired) electrons. The van der Waals surface area contributed by atoms with Crippen molar-refractivity contribution < 1.29 is 0 Å². The Kier molecular flexibility index (Phi) is 3.10. The van der Waals surface area contributed by atoms with Gasteiger partial charge in [0.2, 0.25) is 0 Å². The summed E-state index contributed by atoms with van der Waals surface area (Å²) in [7, 11) is 0. The number of H-pyrrole nitrogens is 1. The lowest BCUT2D eigenvalue weighted by Crippen LogP contribution is -2.39. The fourth-order valence-corrected chi connectivity index (χ4v) is 2.87. The topological polar surface area (TPSA) is 45.0 Å². The van der Waals surface area contributed by atoms with Crippen LogP contribution in [0.25, 0.3) is 10.9 Å². The van der Waals surface area contributed by atoms with Crippen molar-refractivity contribution in [2.45, 2.75) is 32.4 Å².